The molecule has 324 valence electrons. The Bertz CT molecular complexity index is 2930. The zero-order chi connectivity index (χ0) is 44.8. The van der Waals surface area contributed by atoms with E-state index in [0.717, 1.165) is 28.1 Å². The van der Waals surface area contributed by atoms with Crippen LogP contribution in [0.5, 0.6) is 17.2 Å². The lowest BCUT2D eigenvalue weighted by Gasteiger charge is -2.50. The molecule has 6 aromatic rings. The van der Waals surface area contributed by atoms with Crippen LogP contribution in [0.1, 0.15) is 29.9 Å². The number of alkyl halides is 3. The summed E-state index contributed by atoms with van der Waals surface area (Å²) in [5, 5.41) is 12.9. The lowest BCUT2D eigenvalue weighted by Crippen LogP contribution is -2.53. The van der Waals surface area contributed by atoms with Crippen molar-refractivity contribution in [1.82, 2.24) is 9.99 Å². The Labute approximate surface area is 371 Å². The molecule has 3 heterocycles. The number of rotatable bonds is 8. The van der Waals surface area contributed by atoms with Crippen LogP contribution >= 0.6 is 23.2 Å². The van der Waals surface area contributed by atoms with Gasteiger partial charge in [-0.1, -0.05) is 59.1 Å². The van der Waals surface area contributed by atoms with Gasteiger partial charge >= 0.3 is 6.36 Å². The number of aromatic hydroxyl groups is 1. The average molecular weight is 910 g/mol. The number of phenols is 1. The lowest BCUT2D eigenvalue weighted by atomic mass is 9.49. The van der Waals surface area contributed by atoms with E-state index in [2.05, 4.69) is 15.1 Å². The lowest BCUT2D eigenvalue weighted by molar-refractivity contribution is -0.274. The molecule has 0 radical (unpaired) electrons. The molecule has 2 N–H and O–H groups in total. The molecule has 0 spiro atoms. The minimum atomic E-state index is -5.13. The number of nitrogens with zero attached hydrogens (tertiary/aromatic N) is 3. The van der Waals surface area contributed by atoms with Gasteiger partial charge in [0.1, 0.15) is 22.8 Å². The SMILES string of the molecule is COc1ccc(C23C(=O)N(Nc4ccc(Cl)cc4Cl)C(=O)C2CC2C(=CCC4C(=O)N(c5ccc(-c6nc7ccccc7o6)cc5)C(=O)C42)C3c2cc(OC(F)(F)F)ccc2O)cc1. The molecule has 1 aromatic heterocycles. The first-order valence-electron chi connectivity index (χ1n) is 20.0. The maximum atomic E-state index is 15.5. The van der Waals surface area contributed by atoms with E-state index in [1.165, 1.54) is 25.3 Å². The number of hydrogen-bond acceptors (Lipinski definition) is 10. The number of benzene rings is 5. The van der Waals surface area contributed by atoms with Gasteiger partial charge in [-0.2, -0.15) is 5.01 Å². The Hall–Kier alpha value is -6.84. The molecule has 3 fully saturated rings. The van der Waals surface area contributed by atoms with Crippen molar-refractivity contribution in [2.75, 3.05) is 17.4 Å². The van der Waals surface area contributed by atoms with Crippen molar-refractivity contribution in [1.29, 1.82) is 0 Å². The third-order valence-corrected chi connectivity index (χ3v) is 13.3. The van der Waals surface area contributed by atoms with Crippen molar-refractivity contribution in [2.24, 2.45) is 23.7 Å². The molecule has 64 heavy (non-hydrogen) atoms. The van der Waals surface area contributed by atoms with E-state index < -0.39 is 76.5 Å². The van der Waals surface area contributed by atoms with Gasteiger partial charge in [0.25, 0.3) is 11.8 Å². The first-order chi connectivity index (χ1) is 30.7. The maximum absolute atomic E-state index is 15.5. The molecule has 1 saturated carbocycles. The summed E-state index contributed by atoms with van der Waals surface area (Å²) < 4.78 is 57.0. The van der Waals surface area contributed by atoms with Crippen LogP contribution in [-0.4, -0.2) is 52.2 Å². The van der Waals surface area contributed by atoms with E-state index in [1.807, 2.05) is 18.2 Å². The molecule has 6 atom stereocenters. The quantitative estimate of drug-likeness (QED) is 0.112. The number of halogens is 5. The minimum Gasteiger partial charge on any atom is -0.508 e. The smallest absolute Gasteiger partial charge is 0.508 e. The highest BCUT2D eigenvalue weighted by Gasteiger charge is 2.71. The van der Waals surface area contributed by atoms with Crippen LogP contribution in [0, 0.1) is 23.7 Å². The standard InChI is InChI=1S/C47H33Cl2F3N4O8/c1-62-27-13-8-24(9-14-27)46-33(43(59)56(45(46)61)54-35-18-10-25(48)20-34(35)49)22-31-29(40(46)32-21-28(15-19-37(32)57)64-47(50,51)52)16-17-30-39(31)44(60)55(42(30)58)26-11-6-23(7-12-26)41-53-36-4-2-3-5-38(36)63-41/h2-16,18-21,30-31,33,39-40,54,57H,17,22H2,1H3. The molecule has 2 aliphatic carbocycles. The van der Waals surface area contributed by atoms with Crippen LogP contribution in [0.4, 0.5) is 24.5 Å². The number of imide groups is 2. The number of nitrogens with one attached hydrogen (secondary N) is 1. The Morgan fingerprint density at radius 3 is 2.30 bits per heavy atom. The average Bonchev–Trinajstić information content (AvgIpc) is 3.89. The summed E-state index contributed by atoms with van der Waals surface area (Å²) in [6, 6.07) is 27.5. The van der Waals surface area contributed by atoms with Crippen molar-refractivity contribution in [2.45, 2.75) is 30.5 Å². The van der Waals surface area contributed by atoms with Gasteiger partial charge in [0.05, 0.1) is 46.7 Å². The van der Waals surface area contributed by atoms with Gasteiger partial charge in [0.15, 0.2) is 5.58 Å². The number of hydrogen-bond donors (Lipinski definition) is 2. The second-order valence-corrected chi connectivity index (χ2v) is 16.9. The predicted molar refractivity (Wildman–Crippen MR) is 227 cm³/mol. The molecular weight excluding hydrogens is 876 g/mol. The normalized spacial score (nSPS) is 24.1. The summed E-state index contributed by atoms with van der Waals surface area (Å²) in [4.78, 5) is 65.5. The summed E-state index contributed by atoms with van der Waals surface area (Å²) >= 11 is 12.7. The Balaban J connectivity index is 1.11. The summed E-state index contributed by atoms with van der Waals surface area (Å²) in [7, 11) is 1.44. The molecule has 5 aromatic carbocycles. The number of hydrazine groups is 1. The van der Waals surface area contributed by atoms with Gasteiger partial charge in [-0.25, -0.2) is 4.98 Å². The molecular formula is C47H33Cl2F3N4O8. The topological polar surface area (TPSA) is 152 Å². The van der Waals surface area contributed by atoms with E-state index in [-0.39, 0.29) is 45.4 Å². The number of fused-ring (bicyclic) bond motifs is 5. The van der Waals surface area contributed by atoms with E-state index in [0.29, 0.717) is 33.9 Å². The Morgan fingerprint density at radius 1 is 0.859 bits per heavy atom. The number of allylic oxidation sites excluding steroid dienone is 2. The zero-order valence-corrected chi connectivity index (χ0v) is 34.8. The van der Waals surface area contributed by atoms with Crippen LogP contribution in [-0.2, 0) is 24.6 Å². The van der Waals surface area contributed by atoms with Crippen LogP contribution in [0.2, 0.25) is 10.0 Å². The Kier molecular flexibility index (Phi) is 9.76. The van der Waals surface area contributed by atoms with Crippen molar-refractivity contribution in [3.8, 4) is 28.7 Å². The minimum absolute atomic E-state index is 0.00239. The van der Waals surface area contributed by atoms with Gasteiger partial charge in [0, 0.05) is 22.1 Å². The second-order valence-electron chi connectivity index (χ2n) is 16.0. The number of oxazole rings is 1. The van der Waals surface area contributed by atoms with Crippen LogP contribution in [0.25, 0.3) is 22.6 Å². The van der Waals surface area contributed by atoms with Gasteiger partial charge in [0.2, 0.25) is 17.7 Å². The number of aromatic nitrogens is 1. The number of para-hydroxylation sites is 2. The monoisotopic (exact) mass is 908 g/mol. The predicted octanol–water partition coefficient (Wildman–Crippen LogP) is 9.60. The number of methoxy groups -OCH3 is 1. The molecule has 0 bridgehead atoms. The first-order valence-corrected chi connectivity index (χ1v) is 20.8. The van der Waals surface area contributed by atoms with Crippen molar-refractivity contribution in [3.63, 3.8) is 0 Å². The maximum Gasteiger partial charge on any atom is 0.573 e. The summed E-state index contributed by atoms with van der Waals surface area (Å²) in [6.45, 7) is 0. The molecule has 2 saturated heterocycles. The molecule has 6 unspecified atom stereocenters. The Morgan fingerprint density at radius 2 is 1.59 bits per heavy atom. The fraction of sp³-hybridized carbons (Fsp3) is 0.213. The van der Waals surface area contributed by atoms with Gasteiger partial charge in [-0.3, -0.25) is 29.5 Å². The van der Waals surface area contributed by atoms with E-state index >= 15 is 9.59 Å². The number of phenolic OH excluding ortho intramolecular Hbond substituents is 1. The molecule has 12 nitrogen and oxygen atoms in total. The molecule has 10 rings (SSSR count). The highest BCUT2D eigenvalue weighted by atomic mass is 35.5. The first kappa shape index (κ1) is 41.2. The third-order valence-electron chi connectivity index (χ3n) is 12.8. The fourth-order valence-electron chi connectivity index (χ4n) is 10.2. The van der Waals surface area contributed by atoms with Gasteiger partial charge in [-0.15, -0.1) is 13.2 Å². The van der Waals surface area contributed by atoms with Crippen molar-refractivity contribution in [3.05, 3.63) is 142 Å². The highest BCUT2D eigenvalue weighted by molar-refractivity contribution is 6.36. The fourth-order valence-corrected chi connectivity index (χ4v) is 10.6. The second kappa shape index (κ2) is 15.2. The van der Waals surface area contributed by atoms with Crippen molar-refractivity contribution >= 4 is 69.3 Å². The number of anilines is 2. The molecule has 17 heteroatoms. The van der Waals surface area contributed by atoms with Crippen LogP contribution in [0.3, 0.4) is 0 Å². The number of carbonyl (C=O) groups excluding carboxylic acids is 4. The zero-order valence-electron chi connectivity index (χ0n) is 33.3. The van der Waals surface area contributed by atoms with E-state index in [1.54, 1.807) is 60.7 Å². The highest BCUT2D eigenvalue weighted by Crippen LogP contribution is 2.65. The largest absolute Gasteiger partial charge is 0.573 e. The number of ether oxygens (including phenoxy) is 2. The summed E-state index contributed by atoms with van der Waals surface area (Å²) in [5.41, 5.74) is 3.64. The summed E-state index contributed by atoms with van der Waals surface area (Å²) in [5.74, 6) is -8.65. The van der Waals surface area contributed by atoms with Gasteiger partial charge < -0.3 is 19.0 Å². The van der Waals surface area contributed by atoms with Crippen LogP contribution in [0.15, 0.2) is 125 Å². The molecule has 4 aliphatic rings. The van der Waals surface area contributed by atoms with Crippen LogP contribution < -0.4 is 19.8 Å². The third kappa shape index (κ3) is 6.47. The van der Waals surface area contributed by atoms with E-state index in [4.69, 9.17) is 32.4 Å². The molecule has 2 aliphatic heterocycles. The summed E-state index contributed by atoms with van der Waals surface area (Å²) in [6.07, 6.45) is -3.56. The molecule has 4 amide bonds. The van der Waals surface area contributed by atoms with Gasteiger partial charge in [-0.05, 0) is 109 Å². The number of carbonyl (C=O) groups is 4. The number of amides is 4. The van der Waals surface area contributed by atoms with Crippen molar-refractivity contribution < 1.29 is 51.3 Å². The van der Waals surface area contributed by atoms with E-state index in [9.17, 15) is 27.9 Å².